The van der Waals surface area contributed by atoms with Gasteiger partial charge in [-0.2, -0.15) is 0 Å². The van der Waals surface area contributed by atoms with Gasteiger partial charge in [-0.3, -0.25) is 4.79 Å². The molecule has 1 aliphatic carbocycles. The highest BCUT2D eigenvalue weighted by Gasteiger charge is 2.31. The maximum atomic E-state index is 12.0. The maximum Gasteiger partial charge on any atom is 0.224 e. The quantitative estimate of drug-likeness (QED) is 0.891. The molecular weight excluding hydrogens is 306 g/mol. The minimum absolute atomic E-state index is 0.102. The van der Waals surface area contributed by atoms with Crippen LogP contribution in [0.15, 0.2) is 22.7 Å². The van der Waals surface area contributed by atoms with Gasteiger partial charge in [-0.1, -0.05) is 15.9 Å². The van der Waals surface area contributed by atoms with Crippen LogP contribution in [0.4, 0.5) is 5.69 Å². The first-order chi connectivity index (χ1) is 9.08. The minimum Gasteiger partial charge on any atom is -0.378 e. The van der Waals surface area contributed by atoms with Crippen molar-refractivity contribution in [1.29, 1.82) is 0 Å². The third-order valence-corrected chi connectivity index (χ3v) is 4.02. The predicted molar refractivity (Wildman–Crippen MR) is 80.3 cm³/mol. The Morgan fingerprint density at radius 3 is 2.84 bits per heavy atom. The van der Waals surface area contributed by atoms with Crippen molar-refractivity contribution in [3.8, 4) is 0 Å². The molecule has 3 nitrogen and oxygen atoms in total. The Balaban J connectivity index is 1.79. The molecule has 1 N–H and O–H groups in total. The molecule has 4 heteroatoms. The van der Waals surface area contributed by atoms with E-state index in [0.29, 0.717) is 18.4 Å². The summed E-state index contributed by atoms with van der Waals surface area (Å²) in [6, 6.07) is 5.88. The summed E-state index contributed by atoms with van der Waals surface area (Å²) in [6.07, 6.45) is 3.00. The van der Waals surface area contributed by atoms with E-state index in [9.17, 15) is 4.79 Å². The average Bonchev–Trinajstić information content (AvgIpc) is 2.30. The van der Waals surface area contributed by atoms with E-state index in [1.807, 2.05) is 32.0 Å². The molecule has 0 heterocycles. The van der Waals surface area contributed by atoms with Crippen molar-refractivity contribution >= 4 is 27.5 Å². The Morgan fingerprint density at radius 1 is 1.47 bits per heavy atom. The van der Waals surface area contributed by atoms with Crippen molar-refractivity contribution in [2.75, 3.05) is 11.9 Å². The van der Waals surface area contributed by atoms with Crippen LogP contribution in [0.5, 0.6) is 0 Å². The number of benzene rings is 1. The van der Waals surface area contributed by atoms with E-state index < -0.39 is 0 Å². The van der Waals surface area contributed by atoms with Crippen LogP contribution in [-0.2, 0) is 9.53 Å². The summed E-state index contributed by atoms with van der Waals surface area (Å²) >= 11 is 3.42. The third kappa shape index (κ3) is 4.05. The Hall–Kier alpha value is -0.870. The number of amides is 1. The second-order valence-electron chi connectivity index (χ2n) is 5.13. The average molecular weight is 326 g/mol. The predicted octanol–water partition coefficient (Wildman–Crippen LogP) is 3.90. The Bertz CT molecular complexity index is 455. The van der Waals surface area contributed by atoms with Crippen LogP contribution in [0.25, 0.3) is 0 Å². The van der Waals surface area contributed by atoms with E-state index in [1.165, 1.54) is 0 Å². The molecule has 19 heavy (non-hydrogen) atoms. The van der Waals surface area contributed by atoms with Crippen LogP contribution < -0.4 is 5.32 Å². The fourth-order valence-corrected chi connectivity index (χ4v) is 2.92. The first-order valence-corrected chi connectivity index (χ1v) is 7.55. The summed E-state index contributed by atoms with van der Waals surface area (Å²) in [5.74, 6) is 0.581. The standard InChI is InChI=1S/C15H20BrNO2/c1-3-19-13-7-11(8-13)9-15(18)17-14-5-4-12(16)6-10(14)2/h4-6,11,13H,3,7-9H2,1-2H3,(H,17,18). The zero-order chi connectivity index (χ0) is 13.8. The largest absolute Gasteiger partial charge is 0.378 e. The molecule has 1 saturated carbocycles. The number of hydrogen-bond donors (Lipinski definition) is 1. The smallest absolute Gasteiger partial charge is 0.224 e. The van der Waals surface area contributed by atoms with Crippen molar-refractivity contribution in [2.24, 2.45) is 5.92 Å². The van der Waals surface area contributed by atoms with Gasteiger partial charge in [0.15, 0.2) is 0 Å². The molecule has 0 spiro atoms. The van der Waals surface area contributed by atoms with Crippen molar-refractivity contribution in [2.45, 2.75) is 39.2 Å². The molecule has 0 aliphatic heterocycles. The second-order valence-corrected chi connectivity index (χ2v) is 6.04. The van der Waals surface area contributed by atoms with Gasteiger partial charge in [0.05, 0.1) is 6.10 Å². The van der Waals surface area contributed by atoms with E-state index in [0.717, 1.165) is 35.2 Å². The fourth-order valence-electron chi connectivity index (χ4n) is 2.44. The molecule has 1 aromatic rings. The summed E-state index contributed by atoms with van der Waals surface area (Å²) in [4.78, 5) is 12.0. The molecule has 0 aromatic heterocycles. The van der Waals surface area contributed by atoms with Gasteiger partial charge in [0.25, 0.3) is 0 Å². The Morgan fingerprint density at radius 2 is 2.21 bits per heavy atom. The maximum absolute atomic E-state index is 12.0. The lowest BCUT2D eigenvalue weighted by Gasteiger charge is -2.34. The van der Waals surface area contributed by atoms with E-state index in [-0.39, 0.29) is 5.91 Å². The SMILES string of the molecule is CCOC1CC(CC(=O)Nc2ccc(Br)cc2C)C1. The zero-order valence-corrected chi connectivity index (χ0v) is 13.0. The number of halogens is 1. The number of carbonyl (C=O) groups excluding carboxylic acids is 1. The van der Waals surface area contributed by atoms with Gasteiger partial charge in [-0.05, 0) is 56.4 Å². The molecule has 0 radical (unpaired) electrons. The van der Waals surface area contributed by atoms with Gasteiger partial charge < -0.3 is 10.1 Å². The highest BCUT2D eigenvalue weighted by atomic mass is 79.9. The van der Waals surface area contributed by atoms with Gasteiger partial charge in [0.1, 0.15) is 0 Å². The Labute approximate surface area is 122 Å². The molecule has 104 valence electrons. The summed E-state index contributed by atoms with van der Waals surface area (Å²) in [7, 11) is 0. The fraction of sp³-hybridized carbons (Fsp3) is 0.533. The zero-order valence-electron chi connectivity index (χ0n) is 11.4. The lowest BCUT2D eigenvalue weighted by molar-refractivity contribution is -0.119. The number of ether oxygens (including phenoxy) is 1. The number of carbonyl (C=O) groups is 1. The van der Waals surface area contributed by atoms with Crippen LogP contribution in [0.1, 0.15) is 31.7 Å². The lowest BCUT2D eigenvalue weighted by Crippen LogP contribution is -2.33. The first-order valence-electron chi connectivity index (χ1n) is 6.76. The second kappa shape index (κ2) is 6.53. The van der Waals surface area contributed by atoms with E-state index >= 15 is 0 Å². The normalized spacial score (nSPS) is 21.8. The summed E-state index contributed by atoms with van der Waals surface area (Å²) < 4.78 is 6.53. The summed E-state index contributed by atoms with van der Waals surface area (Å²) in [5, 5.41) is 2.98. The lowest BCUT2D eigenvalue weighted by atomic mass is 9.80. The molecule has 0 saturated heterocycles. The molecule has 1 amide bonds. The van der Waals surface area contributed by atoms with Crippen LogP contribution in [0, 0.1) is 12.8 Å². The van der Waals surface area contributed by atoms with E-state index in [1.54, 1.807) is 0 Å². The highest BCUT2D eigenvalue weighted by molar-refractivity contribution is 9.10. The van der Waals surface area contributed by atoms with Crippen molar-refractivity contribution in [3.63, 3.8) is 0 Å². The third-order valence-electron chi connectivity index (χ3n) is 3.53. The van der Waals surface area contributed by atoms with E-state index in [4.69, 9.17) is 4.74 Å². The first kappa shape index (κ1) is 14.5. The van der Waals surface area contributed by atoms with E-state index in [2.05, 4.69) is 21.2 Å². The van der Waals surface area contributed by atoms with Crippen LogP contribution in [0.3, 0.4) is 0 Å². The van der Waals surface area contributed by atoms with Gasteiger partial charge in [-0.25, -0.2) is 0 Å². The number of rotatable bonds is 5. The van der Waals surface area contributed by atoms with Crippen molar-refractivity contribution < 1.29 is 9.53 Å². The number of nitrogens with one attached hydrogen (secondary N) is 1. The molecular formula is C15H20BrNO2. The van der Waals surface area contributed by atoms with Gasteiger partial charge in [-0.15, -0.1) is 0 Å². The monoisotopic (exact) mass is 325 g/mol. The molecule has 2 rings (SSSR count). The highest BCUT2D eigenvalue weighted by Crippen LogP contribution is 2.33. The molecule has 0 bridgehead atoms. The molecule has 1 aliphatic rings. The molecule has 0 unspecified atom stereocenters. The summed E-state index contributed by atoms with van der Waals surface area (Å²) in [6.45, 7) is 4.77. The number of anilines is 1. The Kier molecular flexibility index (Phi) is 4.99. The van der Waals surface area contributed by atoms with Crippen LogP contribution >= 0.6 is 15.9 Å². The van der Waals surface area contributed by atoms with Gasteiger partial charge >= 0.3 is 0 Å². The minimum atomic E-state index is 0.102. The molecule has 1 aromatic carbocycles. The van der Waals surface area contributed by atoms with Gasteiger partial charge in [0.2, 0.25) is 5.91 Å². The van der Waals surface area contributed by atoms with Crippen molar-refractivity contribution in [1.82, 2.24) is 0 Å². The van der Waals surface area contributed by atoms with Crippen LogP contribution in [0.2, 0.25) is 0 Å². The molecule has 1 fully saturated rings. The number of aryl methyl sites for hydroxylation is 1. The van der Waals surface area contributed by atoms with Crippen LogP contribution in [-0.4, -0.2) is 18.6 Å². The topological polar surface area (TPSA) is 38.3 Å². The van der Waals surface area contributed by atoms with Crippen molar-refractivity contribution in [3.05, 3.63) is 28.2 Å². The number of hydrogen-bond acceptors (Lipinski definition) is 2. The summed E-state index contributed by atoms with van der Waals surface area (Å²) in [5.41, 5.74) is 1.97. The van der Waals surface area contributed by atoms with Gasteiger partial charge in [0, 0.05) is 23.2 Å². The molecule has 0 atom stereocenters.